The molecule has 0 amide bonds. The Labute approximate surface area is 133 Å². The summed E-state index contributed by atoms with van der Waals surface area (Å²) in [7, 11) is 0. The van der Waals surface area contributed by atoms with Crippen molar-refractivity contribution in [2.24, 2.45) is 0 Å². The molecule has 0 heterocycles. The van der Waals surface area contributed by atoms with Gasteiger partial charge in [0.1, 0.15) is 6.61 Å². The van der Waals surface area contributed by atoms with E-state index in [9.17, 15) is 0 Å². The summed E-state index contributed by atoms with van der Waals surface area (Å²) >= 11 is 0. The molecule has 0 bridgehead atoms. The number of ether oxygens (including phenoxy) is 1. The van der Waals surface area contributed by atoms with E-state index < -0.39 is 0 Å². The van der Waals surface area contributed by atoms with Crippen molar-refractivity contribution in [1.82, 2.24) is 0 Å². The SMILES string of the molecule is CCCCCCCCCCOC(=N)c1ccc(COO)cc1. The molecular weight excluding hydrogens is 278 g/mol. The lowest BCUT2D eigenvalue weighted by Gasteiger charge is -2.08. The molecule has 4 nitrogen and oxygen atoms in total. The van der Waals surface area contributed by atoms with Crippen LogP contribution in [0.15, 0.2) is 24.3 Å². The minimum atomic E-state index is 0.159. The van der Waals surface area contributed by atoms with E-state index in [2.05, 4.69) is 11.8 Å². The summed E-state index contributed by atoms with van der Waals surface area (Å²) in [6.45, 7) is 3.00. The average Bonchev–Trinajstić information content (AvgIpc) is 2.54. The molecule has 0 atom stereocenters. The molecule has 0 saturated heterocycles. The summed E-state index contributed by atoms with van der Waals surface area (Å²) in [5, 5.41) is 16.3. The van der Waals surface area contributed by atoms with Gasteiger partial charge in [-0.1, -0.05) is 64.0 Å². The lowest BCUT2D eigenvalue weighted by atomic mass is 10.1. The highest BCUT2D eigenvalue weighted by Gasteiger charge is 2.03. The summed E-state index contributed by atoms with van der Waals surface area (Å²) in [5.41, 5.74) is 1.61. The third kappa shape index (κ3) is 8.15. The molecule has 1 rings (SSSR count). The number of benzene rings is 1. The Bertz CT molecular complexity index is 403. The highest BCUT2D eigenvalue weighted by molar-refractivity contribution is 5.91. The normalized spacial score (nSPS) is 10.6. The van der Waals surface area contributed by atoms with E-state index in [1.54, 1.807) is 0 Å². The molecule has 0 unspecified atom stereocenters. The summed E-state index contributed by atoms with van der Waals surface area (Å²) in [6, 6.07) is 7.26. The summed E-state index contributed by atoms with van der Waals surface area (Å²) < 4.78 is 5.48. The monoisotopic (exact) mass is 307 g/mol. The Balaban J connectivity index is 2.08. The lowest BCUT2D eigenvalue weighted by molar-refractivity contribution is -0.253. The summed E-state index contributed by atoms with van der Waals surface area (Å²) in [4.78, 5) is 4.08. The zero-order chi connectivity index (χ0) is 16.0. The highest BCUT2D eigenvalue weighted by Crippen LogP contribution is 2.10. The third-order valence-electron chi connectivity index (χ3n) is 3.69. The zero-order valence-electron chi connectivity index (χ0n) is 13.6. The molecule has 124 valence electrons. The molecule has 0 aliphatic carbocycles. The van der Waals surface area contributed by atoms with Crippen LogP contribution in [0, 0.1) is 5.41 Å². The predicted octanol–water partition coefficient (Wildman–Crippen LogP) is 5.16. The van der Waals surface area contributed by atoms with Gasteiger partial charge in [-0.05, 0) is 24.1 Å². The van der Waals surface area contributed by atoms with E-state index in [0.29, 0.717) is 6.61 Å². The maximum atomic E-state index is 8.38. The van der Waals surface area contributed by atoms with Gasteiger partial charge in [0.15, 0.2) is 0 Å². The van der Waals surface area contributed by atoms with Gasteiger partial charge in [0.25, 0.3) is 0 Å². The first-order chi connectivity index (χ1) is 10.8. The standard InChI is InChI=1S/C18H29NO3/c1-2-3-4-5-6-7-8-9-14-21-18(19)17-12-10-16(11-13-17)15-22-20/h10-13,19-20H,2-9,14-15H2,1H3. The van der Waals surface area contributed by atoms with Gasteiger partial charge in [0.2, 0.25) is 5.90 Å². The number of hydrogen-bond acceptors (Lipinski definition) is 4. The molecule has 2 N–H and O–H groups in total. The molecule has 0 aliphatic heterocycles. The quantitative estimate of drug-likeness (QED) is 0.184. The first-order valence-corrected chi connectivity index (χ1v) is 8.35. The van der Waals surface area contributed by atoms with Gasteiger partial charge in [-0.15, -0.1) is 0 Å². The van der Waals surface area contributed by atoms with Crippen LogP contribution in [-0.4, -0.2) is 17.8 Å². The van der Waals surface area contributed by atoms with Gasteiger partial charge in [-0.25, -0.2) is 4.89 Å². The predicted molar refractivity (Wildman–Crippen MR) is 89.3 cm³/mol. The van der Waals surface area contributed by atoms with Crippen molar-refractivity contribution in [3.05, 3.63) is 35.4 Å². The highest BCUT2D eigenvalue weighted by atomic mass is 17.1. The van der Waals surface area contributed by atoms with Gasteiger partial charge in [-0.3, -0.25) is 10.7 Å². The molecule has 1 aromatic rings. The van der Waals surface area contributed by atoms with Crippen LogP contribution in [0.4, 0.5) is 0 Å². The minimum Gasteiger partial charge on any atom is -0.478 e. The molecule has 0 fully saturated rings. The maximum absolute atomic E-state index is 8.38. The summed E-state index contributed by atoms with van der Waals surface area (Å²) in [5.74, 6) is 0.208. The Morgan fingerprint density at radius 1 is 0.955 bits per heavy atom. The number of nitrogens with one attached hydrogen (secondary N) is 1. The van der Waals surface area contributed by atoms with E-state index >= 15 is 0 Å². The van der Waals surface area contributed by atoms with Gasteiger partial charge in [-0.2, -0.15) is 0 Å². The van der Waals surface area contributed by atoms with Crippen molar-refractivity contribution in [1.29, 1.82) is 5.41 Å². The van der Waals surface area contributed by atoms with Crippen LogP contribution >= 0.6 is 0 Å². The van der Waals surface area contributed by atoms with Gasteiger partial charge >= 0.3 is 0 Å². The smallest absolute Gasteiger partial charge is 0.213 e. The van der Waals surface area contributed by atoms with Crippen molar-refractivity contribution in [3.63, 3.8) is 0 Å². The molecule has 0 saturated carbocycles. The first-order valence-electron chi connectivity index (χ1n) is 8.35. The van der Waals surface area contributed by atoms with Crippen LogP contribution < -0.4 is 0 Å². The van der Waals surface area contributed by atoms with Crippen LogP contribution in [0.2, 0.25) is 0 Å². The third-order valence-corrected chi connectivity index (χ3v) is 3.69. The molecule has 1 aromatic carbocycles. The first kappa shape index (κ1) is 18.7. The Morgan fingerprint density at radius 3 is 2.14 bits per heavy atom. The van der Waals surface area contributed by atoms with Crippen molar-refractivity contribution in [3.8, 4) is 0 Å². The van der Waals surface area contributed by atoms with Crippen molar-refractivity contribution < 1.29 is 14.9 Å². The van der Waals surface area contributed by atoms with Crippen molar-refractivity contribution in [2.75, 3.05) is 6.61 Å². The Morgan fingerprint density at radius 2 is 1.55 bits per heavy atom. The molecule has 4 heteroatoms. The van der Waals surface area contributed by atoms with Crippen molar-refractivity contribution >= 4 is 5.90 Å². The molecule has 0 aliphatic rings. The number of hydrogen-bond donors (Lipinski definition) is 2. The maximum Gasteiger partial charge on any atom is 0.213 e. The molecule has 0 radical (unpaired) electrons. The second-order valence-corrected chi connectivity index (χ2v) is 5.62. The van der Waals surface area contributed by atoms with Crippen LogP contribution in [0.25, 0.3) is 0 Å². The van der Waals surface area contributed by atoms with Crippen molar-refractivity contribution in [2.45, 2.75) is 64.9 Å². The second kappa shape index (κ2) is 12.2. The van der Waals surface area contributed by atoms with Gasteiger partial charge in [0.05, 0.1) is 6.61 Å². The zero-order valence-corrected chi connectivity index (χ0v) is 13.6. The van der Waals surface area contributed by atoms with E-state index in [0.717, 1.165) is 17.5 Å². The molecule has 0 aromatic heterocycles. The van der Waals surface area contributed by atoms with E-state index in [4.69, 9.17) is 15.4 Å². The van der Waals surface area contributed by atoms with E-state index in [1.807, 2.05) is 24.3 Å². The summed E-state index contributed by atoms with van der Waals surface area (Å²) in [6.07, 6.45) is 10.1. The lowest BCUT2D eigenvalue weighted by Crippen LogP contribution is -2.06. The van der Waals surface area contributed by atoms with Crippen LogP contribution in [0.3, 0.4) is 0 Å². The fourth-order valence-corrected chi connectivity index (χ4v) is 2.32. The largest absolute Gasteiger partial charge is 0.478 e. The fourth-order valence-electron chi connectivity index (χ4n) is 2.32. The Kier molecular flexibility index (Phi) is 10.3. The topological polar surface area (TPSA) is 62.5 Å². The van der Waals surface area contributed by atoms with E-state index in [1.165, 1.54) is 44.9 Å². The average molecular weight is 307 g/mol. The Hall–Kier alpha value is -1.39. The number of unbranched alkanes of at least 4 members (excludes halogenated alkanes) is 7. The van der Waals surface area contributed by atoms with E-state index in [-0.39, 0.29) is 12.5 Å². The molecule has 22 heavy (non-hydrogen) atoms. The minimum absolute atomic E-state index is 0.159. The molecule has 0 spiro atoms. The second-order valence-electron chi connectivity index (χ2n) is 5.62. The fraction of sp³-hybridized carbons (Fsp3) is 0.611. The molecular formula is C18H29NO3. The van der Waals surface area contributed by atoms with Crippen LogP contribution in [0.5, 0.6) is 0 Å². The number of rotatable bonds is 12. The van der Waals surface area contributed by atoms with Gasteiger partial charge < -0.3 is 4.74 Å². The van der Waals surface area contributed by atoms with Gasteiger partial charge in [0, 0.05) is 5.56 Å². The van der Waals surface area contributed by atoms with Crippen LogP contribution in [-0.2, 0) is 16.2 Å². The van der Waals surface area contributed by atoms with Crippen LogP contribution in [0.1, 0.15) is 69.4 Å².